The maximum absolute atomic E-state index is 9.50. The lowest BCUT2D eigenvalue weighted by Crippen LogP contribution is -1.96. The quantitative estimate of drug-likeness (QED) is 0.666. The Morgan fingerprint density at radius 1 is 1.05 bits per heavy atom. The summed E-state index contributed by atoms with van der Waals surface area (Å²) in [6.45, 7) is 0. The standard InChI is InChI=1S/C14H9Br2N3O/c15-8-4-11-13(12(16)5-8)17-7-18-14(11)19-9-2-1-3-10(20)6-9/h1-7,20H,(H,17,18,19). The molecule has 100 valence electrons. The number of aromatic hydroxyl groups is 1. The first-order chi connectivity index (χ1) is 9.63. The molecule has 0 fully saturated rings. The van der Waals surface area contributed by atoms with Crippen molar-refractivity contribution < 1.29 is 5.11 Å². The molecule has 0 aliphatic carbocycles. The second-order valence-electron chi connectivity index (χ2n) is 4.18. The number of hydrogen-bond acceptors (Lipinski definition) is 4. The lowest BCUT2D eigenvalue weighted by Gasteiger charge is -2.09. The first-order valence-electron chi connectivity index (χ1n) is 5.79. The van der Waals surface area contributed by atoms with Gasteiger partial charge < -0.3 is 10.4 Å². The van der Waals surface area contributed by atoms with E-state index in [2.05, 4.69) is 47.1 Å². The fraction of sp³-hybridized carbons (Fsp3) is 0. The Bertz CT molecular complexity index is 792. The normalized spacial score (nSPS) is 10.7. The van der Waals surface area contributed by atoms with Crippen molar-refractivity contribution in [1.82, 2.24) is 9.97 Å². The van der Waals surface area contributed by atoms with Gasteiger partial charge in [0, 0.05) is 26.1 Å². The van der Waals surface area contributed by atoms with E-state index in [0.29, 0.717) is 5.82 Å². The predicted octanol–water partition coefficient (Wildman–Crippen LogP) is 4.60. The number of benzene rings is 2. The highest BCUT2D eigenvalue weighted by Crippen LogP contribution is 2.31. The van der Waals surface area contributed by atoms with E-state index in [1.165, 1.54) is 6.33 Å². The fourth-order valence-corrected chi connectivity index (χ4v) is 3.24. The van der Waals surface area contributed by atoms with Crippen molar-refractivity contribution in [3.63, 3.8) is 0 Å². The molecule has 0 radical (unpaired) electrons. The van der Waals surface area contributed by atoms with Crippen molar-refractivity contribution in [2.75, 3.05) is 5.32 Å². The summed E-state index contributed by atoms with van der Waals surface area (Å²) in [6.07, 6.45) is 1.51. The van der Waals surface area contributed by atoms with Crippen LogP contribution in [0.15, 0.2) is 51.7 Å². The molecule has 3 rings (SSSR count). The van der Waals surface area contributed by atoms with Crippen LogP contribution in [0.3, 0.4) is 0 Å². The highest BCUT2D eigenvalue weighted by atomic mass is 79.9. The van der Waals surface area contributed by atoms with Crippen LogP contribution in [0.5, 0.6) is 5.75 Å². The van der Waals surface area contributed by atoms with Gasteiger partial charge in [0.05, 0.1) is 5.52 Å². The number of nitrogens with zero attached hydrogens (tertiary/aromatic N) is 2. The van der Waals surface area contributed by atoms with E-state index >= 15 is 0 Å². The molecule has 0 aliphatic rings. The van der Waals surface area contributed by atoms with Gasteiger partial charge in [0.25, 0.3) is 0 Å². The van der Waals surface area contributed by atoms with Gasteiger partial charge >= 0.3 is 0 Å². The zero-order chi connectivity index (χ0) is 14.1. The largest absolute Gasteiger partial charge is 0.508 e. The van der Waals surface area contributed by atoms with Gasteiger partial charge in [-0.3, -0.25) is 0 Å². The number of aromatic nitrogens is 2. The molecule has 1 heterocycles. The first kappa shape index (κ1) is 13.3. The van der Waals surface area contributed by atoms with E-state index in [9.17, 15) is 5.11 Å². The van der Waals surface area contributed by atoms with Crippen LogP contribution in [0, 0.1) is 0 Å². The third-order valence-corrected chi connectivity index (χ3v) is 3.83. The Morgan fingerprint density at radius 2 is 1.90 bits per heavy atom. The molecule has 0 spiro atoms. The molecule has 3 aromatic rings. The molecule has 0 bridgehead atoms. The summed E-state index contributed by atoms with van der Waals surface area (Å²) in [4.78, 5) is 8.54. The number of rotatable bonds is 2. The summed E-state index contributed by atoms with van der Waals surface area (Å²) in [6, 6.07) is 10.8. The number of hydrogen-bond donors (Lipinski definition) is 2. The van der Waals surface area contributed by atoms with E-state index < -0.39 is 0 Å². The predicted molar refractivity (Wildman–Crippen MR) is 86.3 cm³/mol. The average molecular weight is 395 g/mol. The molecule has 4 nitrogen and oxygen atoms in total. The third kappa shape index (κ3) is 2.62. The molecule has 0 unspecified atom stereocenters. The molecule has 0 saturated heterocycles. The second-order valence-corrected chi connectivity index (χ2v) is 5.95. The van der Waals surface area contributed by atoms with Gasteiger partial charge in [-0.1, -0.05) is 22.0 Å². The van der Waals surface area contributed by atoms with Crippen molar-refractivity contribution in [1.29, 1.82) is 0 Å². The van der Waals surface area contributed by atoms with Crippen LogP contribution in [0.1, 0.15) is 0 Å². The number of anilines is 2. The van der Waals surface area contributed by atoms with E-state index in [1.54, 1.807) is 18.2 Å². The molecular weight excluding hydrogens is 386 g/mol. The van der Waals surface area contributed by atoms with Gasteiger partial charge in [0.1, 0.15) is 17.9 Å². The number of halogens is 2. The molecular formula is C14H9Br2N3O. The minimum Gasteiger partial charge on any atom is -0.508 e. The van der Waals surface area contributed by atoms with E-state index in [1.807, 2.05) is 18.2 Å². The minimum atomic E-state index is 0.204. The molecule has 0 atom stereocenters. The van der Waals surface area contributed by atoms with Crippen LogP contribution in [0.4, 0.5) is 11.5 Å². The van der Waals surface area contributed by atoms with E-state index in [0.717, 1.165) is 25.5 Å². The van der Waals surface area contributed by atoms with Crippen molar-refractivity contribution in [3.8, 4) is 5.75 Å². The van der Waals surface area contributed by atoms with Crippen LogP contribution in [-0.4, -0.2) is 15.1 Å². The molecule has 0 aliphatic heterocycles. The number of phenols is 1. The third-order valence-electron chi connectivity index (χ3n) is 2.77. The van der Waals surface area contributed by atoms with Crippen LogP contribution in [0.2, 0.25) is 0 Å². The Labute approximate surface area is 132 Å². The van der Waals surface area contributed by atoms with Crippen molar-refractivity contribution in [2.24, 2.45) is 0 Å². The van der Waals surface area contributed by atoms with Crippen LogP contribution < -0.4 is 5.32 Å². The van der Waals surface area contributed by atoms with Gasteiger partial charge in [0.15, 0.2) is 0 Å². The fourth-order valence-electron chi connectivity index (χ4n) is 1.91. The SMILES string of the molecule is Oc1cccc(Nc2ncnc3c(Br)cc(Br)cc23)c1. The monoisotopic (exact) mass is 393 g/mol. The summed E-state index contributed by atoms with van der Waals surface area (Å²) >= 11 is 6.95. The zero-order valence-electron chi connectivity index (χ0n) is 10.1. The summed E-state index contributed by atoms with van der Waals surface area (Å²) in [5, 5.41) is 13.6. The highest BCUT2D eigenvalue weighted by molar-refractivity contribution is 9.11. The average Bonchev–Trinajstić information content (AvgIpc) is 2.40. The summed E-state index contributed by atoms with van der Waals surface area (Å²) in [5.41, 5.74) is 1.59. The maximum Gasteiger partial charge on any atom is 0.141 e. The smallest absolute Gasteiger partial charge is 0.141 e. The molecule has 2 N–H and O–H groups in total. The molecule has 0 amide bonds. The summed E-state index contributed by atoms with van der Waals surface area (Å²) in [7, 11) is 0. The Balaban J connectivity index is 2.12. The van der Waals surface area contributed by atoms with E-state index in [4.69, 9.17) is 0 Å². The minimum absolute atomic E-state index is 0.204. The number of nitrogens with one attached hydrogen (secondary N) is 1. The van der Waals surface area contributed by atoms with Crippen LogP contribution in [0.25, 0.3) is 10.9 Å². The maximum atomic E-state index is 9.50. The second kappa shape index (κ2) is 5.38. The van der Waals surface area contributed by atoms with Gasteiger partial charge in [-0.2, -0.15) is 0 Å². The van der Waals surface area contributed by atoms with Gasteiger partial charge in [0.2, 0.25) is 0 Å². The molecule has 2 aromatic carbocycles. The molecule has 20 heavy (non-hydrogen) atoms. The van der Waals surface area contributed by atoms with Crippen LogP contribution >= 0.6 is 31.9 Å². The highest BCUT2D eigenvalue weighted by Gasteiger charge is 2.08. The van der Waals surface area contributed by atoms with Gasteiger partial charge in [-0.15, -0.1) is 0 Å². The van der Waals surface area contributed by atoms with E-state index in [-0.39, 0.29) is 5.75 Å². The van der Waals surface area contributed by atoms with Crippen molar-refractivity contribution in [2.45, 2.75) is 0 Å². The first-order valence-corrected chi connectivity index (χ1v) is 7.38. The molecule has 1 aromatic heterocycles. The number of phenolic OH excluding ortho intramolecular Hbond substituents is 1. The Hall–Kier alpha value is -1.66. The van der Waals surface area contributed by atoms with Gasteiger partial charge in [-0.05, 0) is 40.2 Å². The number of fused-ring (bicyclic) bond motifs is 1. The van der Waals surface area contributed by atoms with Crippen molar-refractivity contribution >= 4 is 54.3 Å². The summed E-state index contributed by atoms with van der Waals surface area (Å²) < 4.78 is 1.83. The topological polar surface area (TPSA) is 58.0 Å². The zero-order valence-corrected chi connectivity index (χ0v) is 13.3. The van der Waals surface area contributed by atoms with Crippen LogP contribution in [-0.2, 0) is 0 Å². The van der Waals surface area contributed by atoms with Gasteiger partial charge in [-0.25, -0.2) is 9.97 Å². The molecule has 0 saturated carbocycles. The van der Waals surface area contributed by atoms with Crippen molar-refractivity contribution in [3.05, 3.63) is 51.7 Å². The molecule has 6 heteroatoms. The summed E-state index contributed by atoms with van der Waals surface area (Å²) in [5.74, 6) is 0.887. The lowest BCUT2D eigenvalue weighted by atomic mass is 10.2. The lowest BCUT2D eigenvalue weighted by molar-refractivity contribution is 0.475. The Kier molecular flexibility index (Phi) is 3.58. The Morgan fingerprint density at radius 3 is 2.70 bits per heavy atom.